The fourth-order valence-corrected chi connectivity index (χ4v) is 6.97. The maximum atomic E-state index is 12.6. The fraction of sp³-hybridized carbons (Fsp3) is 0.696. The molecule has 0 spiro atoms. The highest BCUT2D eigenvalue weighted by Crippen LogP contribution is 2.61. The zero-order chi connectivity index (χ0) is 37.4. The summed E-state index contributed by atoms with van der Waals surface area (Å²) < 4.78 is 61.6. The van der Waals surface area contributed by atoms with Crippen molar-refractivity contribution in [2.45, 2.75) is 71.7 Å². The van der Waals surface area contributed by atoms with Crippen molar-refractivity contribution in [3.63, 3.8) is 0 Å². The van der Waals surface area contributed by atoms with Crippen molar-refractivity contribution in [2.75, 3.05) is 32.0 Å². The second-order valence-electron chi connectivity index (χ2n) is 10.7. The second-order valence-corrected chi connectivity index (χ2v) is 14.9. The number of carbonyl (C=O) groups excluding carboxylic acids is 2. The van der Waals surface area contributed by atoms with Gasteiger partial charge < -0.3 is 50.9 Å². The maximum absolute atomic E-state index is 12.6. The molecule has 23 nitrogen and oxygen atoms in total. The van der Waals surface area contributed by atoms with Gasteiger partial charge in [-0.2, -0.15) is 4.31 Å². The lowest BCUT2D eigenvalue weighted by molar-refractivity contribution is -0.137. The predicted molar refractivity (Wildman–Crippen MR) is 167 cm³/mol. The summed E-state index contributed by atoms with van der Waals surface area (Å²) in [6.07, 6.45) is -6.68. The van der Waals surface area contributed by atoms with Crippen LogP contribution in [-0.4, -0.2) is 112 Å². The molecule has 0 aromatic carbocycles. The fourth-order valence-electron chi connectivity index (χ4n) is 4.14. The van der Waals surface area contributed by atoms with Gasteiger partial charge >= 0.3 is 23.5 Å². The lowest BCUT2D eigenvalue weighted by Crippen LogP contribution is -2.46. The van der Waals surface area contributed by atoms with Crippen LogP contribution in [0.25, 0.3) is 11.2 Å². The smallest absolute Gasteiger partial charge is 0.386 e. The van der Waals surface area contributed by atoms with E-state index in [9.17, 15) is 53.1 Å². The number of carbonyl (C=O) groups is 2. The largest absolute Gasteiger partial charge is 0.481 e. The van der Waals surface area contributed by atoms with Crippen LogP contribution in [0.1, 0.15) is 47.3 Å². The number of nitrogens with zero attached hydrogens (tertiary/aromatic N) is 4. The molecule has 0 bridgehead atoms. The number of anilines is 1. The highest BCUT2D eigenvalue weighted by Gasteiger charge is 2.50. The minimum Gasteiger partial charge on any atom is -0.386 e. The quantitative estimate of drug-likeness (QED) is 0.0912. The van der Waals surface area contributed by atoms with Gasteiger partial charge in [0.05, 0.1) is 19.5 Å². The number of nitrogens with two attached hydrogens (primary N) is 1. The third-order valence-electron chi connectivity index (χ3n) is 6.45. The van der Waals surface area contributed by atoms with E-state index in [1.807, 2.05) is 13.8 Å². The Bertz CT molecular complexity index is 1570. The number of phosphoric acid groups is 3. The SMILES string of the molecule is CC.CCNC(=O)CCNC(=O)C(O)C(C)(C)COP(=O)(O)OP(=O)(O)OCC1OC(n2cnc3c(N)ncnc32)C(O)C1OP(=O)(O)O. The van der Waals surface area contributed by atoms with Gasteiger partial charge in [-0.15, -0.1) is 0 Å². The molecule has 1 saturated heterocycles. The minimum atomic E-state index is -5.53. The number of hydrogen-bond donors (Lipinski definition) is 9. The molecule has 10 N–H and O–H groups in total. The van der Waals surface area contributed by atoms with Crippen LogP contribution in [-0.2, 0) is 45.9 Å². The van der Waals surface area contributed by atoms with Crippen LogP contribution >= 0.6 is 23.5 Å². The van der Waals surface area contributed by atoms with E-state index in [0.717, 1.165) is 17.2 Å². The number of nitrogen functional groups attached to an aromatic ring is 1. The Hall–Kier alpha value is -2.46. The Kier molecular flexibility index (Phi) is 15.4. The number of nitrogens with one attached hydrogen (secondary N) is 2. The number of aliphatic hydroxyl groups excluding tert-OH is 2. The van der Waals surface area contributed by atoms with Crippen LogP contribution in [0, 0.1) is 5.41 Å². The third-order valence-corrected chi connectivity index (χ3v) is 9.55. The molecule has 0 saturated carbocycles. The average Bonchev–Trinajstić information content (AvgIpc) is 3.56. The van der Waals surface area contributed by atoms with E-state index in [4.69, 9.17) is 19.5 Å². The molecule has 7 atom stereocenters. The number of amides is 2. The van der Waals surface area contributed by atoms with Gasteiger partial charge in [0.25, 0.3) is 0 Å². The standard InChI is InChI=1S/C21H36N7O16P3.C2H6/c1-4-23-12(29)5-6-24-19(32)16(31)21(2,3)8-41-47(38,39)44-46(36,37)40-7-11-15(43-45(33,34)35)14(30)20(42-11)28-10-27-13-17(22)25-9-26-18(13)28;1-2/h9-11,14-16,20,30-31H,4-8H2,1-3H3,(H,23,29)(H,24,32)(H,36,37)(H,38,39)(H2,22,25,26)(H2,33,34,35);1-2H3. The first kappa shape index (κ1) is 42.7. The summed E-state index contributed by atoms with van der Waals surface area (Å²) >= 11 is 0. The van der Waals surface area contributed by atoms with Crippen LogP contribution in [0.4, 0.5) is 5.82 Å². The van der Waals surface area contributed by atoms with Gasteiger partial charge in [0.2, 0.25) is 11.8 Å². The highest BCUT2D eigenvalue weighted by molar-refractivity contribution is 7.61. The number of imidazole rings is 1. The number of ether oxygens (including phenoxy) is 1. The van der Waals surface area contributed by atoms with Crippen LogP contribution in [0.5, 0.6) is 0 Å². The molecule has 3 rings (SSSR count). The number of aliphatic hydroxyl groups is 2. The number of phosphoric ester groups is 3. The Labute approximate surface area is 280 Å². The summed E-state index contributed by atoms with van der Waals surface area (Å²) in [5.41, 5.74) is 4.31. The van der Waals surface area contributed by atoms with E-state index in [-0.39, 0.29) is 35.9 Å². The number of fused-ring (bicyclic) bond motifs is 1. The van der Waals surface area contributed by atoms with E-state index < -0.39 is 78.6 Å². The highest BCUT2D eigenvalue weighted by atomic mass is 31.3. The zero-order valence-corrected chi connectivity index (χ0v) is 29.7. The lowest BCUT2D eigenvalue weighted by atomic mass is 9.87. The molecule has 0 aliphatic carbocycles. The average molecular weight is 766 g/mol. The van der Waals surface area contributed by atoms with E-state index >= 15 is 0 Å². The predicted octanol–water partition coefficient (Wildman–Crippen LogP) is -0.549. The first-order valence-electron chi connectivity index (χ1n) is 14.6. The first-order valence-corrected chi connectivity index (χ1v) is 19.1. The van der Waals surface area contributed by atoms with Gasteiger partial charge in [0.15, 0.2) is 17.7 Å². The van der Waals surface area contributed by atoms with Crippen LogP contribution in [0.3, 0.4) is 0 Å². The molecule has 1 aliphatic rings. The van der Waals surface area contributed by atoms with E-state index in [1.54, 1.807) is 6.92 Å². The van der Waals surface area contributed by atoms with Crippen molar-refractivity contribution >= 4 is 52.3 Å². The number of hydrogen-bond acceptors (Lipinski definition) is 16. The molecule has 49 heavy (non-hydrogen) atoms. The Morgan fingerprint density at radius 3 is 2.33 bits per heavy atom. The van der Waals surface area contributed by atoms with Crippen LogP contribution < -0.4 is 16.4 Å². The molecule has 1 aliphatic heterocycles. The summed E-state index contributed by atoms with van der Waals surface area (Å²) in [7, 11) is -16.3. The molecule has 2 aromatic heterocycles. The number of aromatic nitrogens is 4. The molecule has 3 heterocycles. The molecular weight excluding hydrogens is 723 g/mol. The van der Waals surface area contributed by atoms with Crippen molar-refractivity contribution < 1.29 is 75.7 Å². The normalized spacial score (nSPS) is 22.8. The van der Waals surface area contributed by atoms with Crippen molar-refractivity contribution in [1.29, 1.82) is 0 Å². The molecule has 2 aromatic rings. The summed E-state index contributed by atoms with van der Waals surface area (Å²) in [6, 6.07) is 0. The maximum Gasteiger partial charge on any atom is 0.481 e. The molecule has 7 unspecified atom stereocenters. The van der Waals surface area contributed by atoms with Crippen LogP contribution in [0.15, 0.2) is 12.7 Å². The Balaban J connectivity index is 0.00000409. The monoisotopic (exact) mass is 765 g/mol. The summed E-state index contributed by atoms with van der Waals surface area (Å²) in [6.45, 7) is 6.54. The van der Waals surface area contributed by atoms with Crippen molar-refractivity contribution in [1.82, 2.24) is 30.2 Å². The van der Waals surface area contributed by atoms with Gasteiger partial charge in [0, 0.05) is 24.9 Å². The van der Waals surface area contributed by atoms with Gasteiger partial charge in [-0.25, -0.2) is 28.6 Å². The molecule has 2 amide bonds. The first-order chi connectivity index (χ1) is 22.7. The Morgan fingerprint density at radius 2 is 1.71 bits per heavy atom. The van der Waals surface area contributed by atoms with Gasteiger partial charge in [-0.3, -0.25) is 27.7 Å². The summed E-state index contributed by atoms with van der Waals surface area (Å²) in [5, 5.41) is 26.0. The van der Waals surface area contributed by atoms with Crippen molar-refractivity contribution in [3.8, 4) is 0 Å². The molecule has 1 fully saturated rings. The van der Waals surface area contributed by atoms with Crippen LogP contribution in [0.2, 0.25) is 0 Å². The molecule has 0 radical (unpaired) electrons. The van der Waals surface area contributed by atoms with Gasteiger partial charge in [0.1, 0.15) is 36.3 Å². The zero-order valence-electron chi connectivity index (χ0n) is 27.1. The van der Waals surface area contributed by atoms with E-state index in [0.29, 0.717) is 6.54 Å². The lowest BCUT2D eigenvalue weighted by Gasteiger charge is -2.30. The second kappa shape index (κ2) is 17.7. The number of rotatable bonds is 17. The van der Waals surface area contributed by atoms with Gasteiger partial charge in [-0.1, -0.05) is 27.7 Å². The van der Waals surface area contributed by atoms with E-state index in [2.05, 4.69) is 34.4 Å². The summed E-state index contributed by atoms with van der Waals surface area (Å²) in [5.74, 6) is -1.31. The summed E-state index contributed by atoms with van der Waals surface area (Å²) in [4.78, 5) is 74.4. The minimum absolute atomic E-state index is 0.0346. The molecule has 26 heteroatoms. The van der Waals surface area contributed by atoms with Gasteiger partial charge in [-0.05, 0) is 6.92 Å². The van der Waals surface area contributed by atoms with Crippen molar-refractivity contribution in [3.05, 3.63) is 12.7 Å². The van der Waals surface area contributed by atoms with E-state index in [1.165, 1.54) is 13.8 Å². The topological polar surface area (TPSA) is 347 Å². The molecular formula is C23H42N7O16P3. The van der Waals surface area contributed by atoms with Crippen molar-refractivity contribution in [2.24, 2.45) is 5.41 Å². The molecule has 280 valence electrons. The Morgan fingerprint density at radius 1 is 1.08 bits per heavy atom. The third kappa shape index (κ3) is 12.4.